The van der Waals surface area contributed by atoms with Crippen LogP contribution in [-0.2, 0) is 6.54 Å². The second kappa shape index (κ2) is 16.0. The van der Waals surface area contributed by atoms with Crippen molar-refractivity contribution in [1.82, 2.24) is 10.2 Å². The predicted molar refractivity (Wildman–Crippen MR) is 126 cm³/mol. The van der Waals surface area contributed by atoms with Crippen LogP contribution < -0.4 is 5.32 Å². The molecule has 0 atom stereocenters. The summed E-state index contributed by atoms with van der Waals surface area (Å²) in [6.07, 6.45) is 6.19. The fourth-order valence-electron chi connectivity index (χ4n) is 3.02. The minimum Gasteiger partial charge on any atom is -0.460 e. The van der Waals surface area contributed by atoms with Crippen LogP contribution in [-0.4, -0.2) is 31.1 Å². The van der Waals surface area contributed by atoms with Crippen molar-refractivity contribution in [3.05, 3.63) is 46.9 Å². The number of unbranched alkanes of at least 4 members (excludes halogenated alkanes) is 2. The smallest absolute Gasteiger partial charge is 0.141 e. The number of hydrogen-bond acceptors (Lipinski definition) is 3. The van der Waals surface area contributed by atoms with Crippen molar-refractivity contribution in [2.24, 2.45) is 0 Å². The standard InChI is InChI=1S/C22H32ClFN2O.2ClH/c1-3-5-13-26(14-6-4-2)15-7-12-25-17-19-9-11-22(27-19)18-8-10-21(24)20(23)16-18;;/h8-11,16,25H,3-7,12-15,17H2,1-2H3;2*1H. The second-order valence-electron chi connectivity index (χ2n) is 6.97. The fourth-order valence-corrected chi connectivity index (χ4v) is 3.20. The third-order valence-corrected chi connectivity index (χ3v) is 4.94. The molecule has 0 unspecified atom stereocenters. The second-order valence-corrected chi connectivity index (χ2v) is 7.38. The SMILES string of the molecule is CCCCN(CCCC)CCCNCc1ccc(-c2ccc(F)c(Cl)c2)o1.Cl.Cl. The molecule has 1 aromatic carbocycles. The quantitative estimate of drug-likeness (QED) is 0.323. The first-order valence-electron chi connectivity index (χ1n) is 10.1. The van der Waals surface area contributed by atoms with Gasteiger partial charge in [-0.1, -0.05) is 38.3 Å². The molecule has 166 valence electrons. The van der Waals surface area contributed by atoms with Crippen molar-refractivity contribution in [3.63, 3.8) is 0 Å². The first kappa shape index (κ1) is 28.2. The van der Waals surface area contributed by atoms with Gasteiger partial charge in [0.1, 0.15) is 17.3 Å². The highest BCUT2D eigenvalue weighted by Crippen LogP contribution is 2.26. The monoisotopic (exact) mass is 466 g/mol. The molecule has 0 saturated carbocycles. The van der Waals surface area contributed by atoms with Gasteiger partial charge in [-0.25, -0.2) is 4.39 Å². The molecule has 0 saturated heterocycles. The third kappa shape index (κ3) is 10.2. The molecule has 2 rings (SSSR count). The van der Waals surface area contributed by atoms with Crippen LogP contribution in [0.3, 0.4) is 0 Å². The Labute approximate surface area is 192 Å². The molecule has 0 aliphatic rings. The van der Waals surface area contributed by atoms with Crippen LogP contribution >= 0.6 is 36.4 Å². The lowest BCUT2D eigenvalue weighted by Crippen LogP contribution is -2.29. The highest BCUT2D eigenvalue weighted by atomic mass is 35.5. The summed E-state index contributed by atoms with van der Waals surface area (Å²) >= 11 is 5.84. The van der Waals surface area contributed by atoms with Crippen LogP contribution in [0.4, 0.5) is 4.39 Å². The molecule has 2 aromatic rings. The Kier molecular flexibility index (Phi) is 15.6. The molecule has 0 spiro atoms. The third-order valence-electron chi connectivity index (χ3n) is 4.65. The largest absolute Gasteiger partial charge is 0.460 e. The molecule has 0 radical (unpaired) electrons. The summed E-state index contributed by atoms with van der Waals surface area (Å²) in [6.45, 7) is 9.71. The zero-order valence-electron chi connectivity index (χ0n) is 17.4. The van der Waals surface area contributed by atoms with Gasteiger partial charge >= 0.3 is 0 Å². The molecule has 3 nitrogen and oxygen atoms in total. The summed E-state index contributed by atoms with van der Waals surface area (Å²) in [5, 5.41) is 3.56. The number of nitrogens with one attached hydrogen (secondary N) is 1. The van der Waals surface area contributed by atoms with Crippen LogP contribution in [0, 0.1) is 5.82 Å². The number of rotatable bonds is 13. The molecular formula is C22H34Cl3FN2O. The van der Waals surface area contributed by atoms with E-state index in [1.807, 2.05) is 12.1 Å². The number of benzene rings is 1. The summed E-state index contributed by atoms with van der Waals surface area (Å²) in [5.41, 5.74) is 0.787. The van der Waals surface area contributed by atoms with Gasteiger partial charge in [-0.05, 0) is 75.8 Å². The van der Waals surface area contributed by atoms with E-state index in [9.17, 15) is 4.39 Å². The van der Waals surface area contributed by atoms with Crippen molar-refractivity contribution in [2.45, 2.75) is 52.5 Å². The lowest BCUT2D eigenvalue weighted by atomic mass is 10.2. The topological polar surface area (TPSA) is 28.4 Å². The van der Waals surface area contributed by atoms with Crippen LogP contribution in [0.15, 0.2) is 34.7 Å². The van der Waals surface area contributed by atoms with Crippen molar-refractivity contribution < 1.29 is 8.81 Å². The van der Waals surface area contributed by atoms with Crippen LogP contribution in [0.25, 0.3) is 11.3 Å². The molecule has 0 aliphatic heterocycles. The van der Waals surface area contributed by atoms with E-state index in [1.54, 1.807) is 12.1 Å². The van der Waals surface area contributed by atoms with E-state index in [1.165, 1.54) is 44.8 Å². The van der Waals surface area contributed by atoms with Crippen LogP contribution in [0.5, 0.6) is 0 Å². The lowest BCUT2D eigenvalue weighted by molar-refractivity contribution is 0.260. The average molecular weight is 468 g/mol. The molecule has 0 amide bonds. The maximum Gasteiger partial charge on any atom is 0.141 e. The minimum atomic E-state index is -0.416. The first-order valence-corrected chi connectivity index (χ1v) is 10.5. The number of furan rings is 1. The number of hydrogen-bond donors (Lipinski definition) is 1. The van der Waals surface area contributed by atoms with Crippen molar-refractivity contribution >= 4 is 36.4 Å². The molecule has 1 aromatic heterocycles. The molecule has 7 heteroatoms. The van der Waals surface area contributed by atoms with Gasteiger partial charge in [0.05, 0.1) is 11.6 Å². The van der Waals surface area contributed by atoms with E-state index in [-0.39, 0.29) is 29.8 Å². The molecular weight excluding hydrogens is 434 g/mol. The molecule has 29 heavy (non-hydrogen) atoms. The molecule has 0 fully saturated rings. The Balaban J connectivity index is 0.00000392. The van der Waals surface area contributed by atoms with E-state index in [0.717, 1.165) is 30.8 Å². The van der Waals surface area contributed by atoms with Crippen molar-refractivity contribution in [2.75, 3.05) is 26.2 Å². The molecule has 1 heterocycles. The summed E-state index contributed by atoms with van der Waals surface area (Å²) in [5.74, 6) is 1.17. The maximum absolute atomic E-state index is 13.3. The zero-order chi connectivity index (χ0) is 19.5. The van der Waals surface area contributed by atoms with Gasteiger partial charge in [0.15, 0.2) is 0 Å². The van der Waals surface area contributed by atoms with Crippen LogP contribution in [0.1, 0.15) is 51.7 Å². The fraction of sp³-hybridized carbons (Fsp3) is 0.545. The molecule has 1 N–H and O–H groups in total. The Bertz CT molecular complexity index is 674. The van der Waals surface area contributed by atoms with E-state index < -0.39 is 5.82 Å². The summed E-state index contributed by atoms with van der Waals surface area (Å²) in [6, 6.07) is 8.49. The van der Waals surface area contributed by atoms with Crippen molar-refractivity contribution in [1.29, 1.82) is 0 Å². The Morgan fingerprint density at radius 3 is 2.24 bits per heavy atom. The highest BCUT2D eigenvalue weighted by Gasteiger charge is 2.08. The summed E-state index contributed by atoms with van der Waals surface area (Å²) in [4.78, 5) is 2.58. The van der Waals surface area contributed by atoms with Gasteiger partial charge in [0, 0.05) is 5.56 Å². The van der Waals surface area contributed by atoms with Gasteiger partial charge < -0.3 is 14.6 Å². The highest BCUT2D eigenvalue weighted by molar-refractivity contribution is 6.31. The minimum absolute atomic E-state index is 0. The van der Waals surface area contributed by atoms with Gasteiger partial charge in [0.25, 0.3) is 0 Å². The van der Waals surface area contributed by atoms with Crippen LogP contribution in [0.2, 0.25) is 5.02 Å². The predicted octanol–water partition coefficient (Wildman–Crippen LogP) is 6.96. The summed E-state index contributed by atoms with van der Waals surface area (Å²) < 4.78 is 19.1. The zero-order valence-corrected chi connectivity index (χ0v) is 19.8. The summed E-state index contributed by atoms with van der Waals surface area (Å²) in [7, 11) is 0. The normalized spacial score (nSPS) is 10.7. The lowest BCUT2D eigenvalue weighted by Gasteiger charge is -2.21. The van der Waals surface area contributed by atoms with Gasteiger partial charge in [-0.15, -0.1) is 24.8 Å². The van der Waals surface area contributed by atoms with E-state index in [0.29, 0.717) is 12.3 Å². The van der Waals surface area contributed by atoms with Crippen molar-refractivity contribution in [3.8, 4) is 11.3 Å². The average Bonchev–Trinajstić information content (AvgIpc) is 3.14. The first-order chi connectivity index (χ1) is 13.1. The molecule has 0 aliphatic carbocycles. The number of halogens is 4. The van der Waals surface area contributed by atoms with E-state index in [2.05, 4.69) is 24.1 Å². The molecule has 0 bridgehead atoms. The number of nitrogens with zero attached hydrogens (tertiary/aromatic N) is 1. The van der Waals surface area contributed by atoms with E-state index in [4.69, 9.17) is 16.0 Å². The maximum atomic E-state index is 13.3. The van der Waals surface area contributed by atoms with Gasteiger partial charge in [0.2, 0.25) is 0 Å². The van der Waals surface area contributed by atoms with E-state index >= 15 is 0 Å². The van der Waals surface area contributed by atoms with Gasteiger partial charge in [-0.2, -0.15) is 0 Å². The van der Waals surface area contributed by atoms with Gasteiger partial charge in [-0.3, -0.25) is 0 Å². The Hall–Kier alpha value is -0.780. The Morgan fingerprint density at radius 1 is 0.966 bits per heavy atom. The Morgan fingerprint density at radius 2 is 1.62 bits per heavy atom.